The topological polar surface area (TPSA) is 55.8 Å². The molecule has 1 amide bonds. The molecule has 0 fully saturated rings. The molecule has 0 aliphatic rings. The first-order valence-corrected chi connectivity index (χ1v) is 5.92. The van der Waals surface area contributed by atoms with Gasteiger partial charge in [0.1, 0.15) is 0 Å². The Labute approximate surface area is 103 Å². The van der Waals surface area contributed by atoms with Gasteiger partial charge in [-0.1, -0.05) is 13.8 Å². The number of amides is 1. The fourth-order valence-corrected chi connectivity index (χ4v) is 1.39. The molecule has 0 saturated heterocycles. The molecular weight excluding hydrogens is 222 g/mol. The molecule has 0 aromatic rings. The second-order valence-corrected chi connectivity index (χ2v) is 4.06. The number of hydrogen-bond donors (Lipinski definition) is 0. The highest BCUT2D eigenvalue weighted by Gasteiger charge is 2.18. The van der Waals surface area contributed by atoms with Crippen molar-refractivity contribution in [1.29, 1.82) is 0 Å². The quantitative estimate of drug-likeness (QED) is 0.474. The van der Waals surface area contributed by atoms with E-state index in [0.717, 1.165) is 6.42 Å². The van der Waals surface area contributed by atoms with Crippen LogP contribution in [0.25, 0.3) is 0 Å². The normalized spacial score (nSPS) is 12.0. The Bertz CT molecular complexity index is 243. The van der Waals surface area contributed by atoms with Gasteiger partial charge in [0, 0.05) is 20.2 Å². The van der Waals surface area contributed by atoms with Gasteiger partial charge in [-0.3, -0.25) is 9.59 Å². The second-order valence-electron chi connectivity index (χ2n) is 4.06. The molecule has 1 atom stereocenters. The number of esters is 1. The van der Waals surface area contributed by atoms with Crippen LogP contribution in [0.2, 0.25) is 0 Å². The smallest absolute Gasteiger partial charge is 0.310 e. The third-order valence-corrected chi connectivity index (χ3v) is 2.39. The molecule has 5 heteroatoms. The average molecular weight is 245 g/mol. The minimum atomic E-state index is -0.300. The lowest BCUT2D eigenvalue weighted by atomic mass is 10.1. The van der Waals surface area contributed by atoms with Gasteiger partial charge in [0.15, 0.2) is 0 Å². The van der Waals surface area contributed by atoms with Crippen molar-refractivity contribution in [3.63, 3.8) is 0 Å². The predicted octanol–water partition coefficient (Wildman–Crippen LogP) is 1.07. The fourth-order valence-electron chi connectivity index (χ4n) is 1.39. The summed E-state index contributed by atoms with van der Waals surface area (Å²) in [6.07, 6.45) is 1.30. The molecule has 0 N–H and O–H groups in total. The van der Waals surface area contributed by atoms with Crippen LogP contribution in [-0.2, 0) is 19.1 Å². The Balaban J connectivity index is 3.84. The van der Waals surface area contributed by atoms with Crippen molar-refractivity contribution in [2.24, 2.45) is 5.92 Å². The van der Waals surface area contributed by atoms with Crippen LogP contribution in [0.4, 0.5) is 0 Å². The van der Waals surface area contributed by atoms with Gasteiger partial charge < -0.3 is 14.4 Å². The number of nitrogens with zero attached hydrogens (tertiary/aromatic N) is 1. The summed E-state index contributed by atoms with van der Waals surface area (Å²) in [5.74, 6) is -0.616. The summed E-state index contributed by atoms with van der Waals surface area (Å²) < 4.78 is 9.84. The Morgan fingerprint density at radius 3 is 2.47 bits per heavy atom. The lowest BCUT2D eigenvalue weighted by Crippen LogP contribution is -2.34. The predicted molar refractivity (Wildman–Crippen MR) is 64.5 cm³/mol. The first-order chi connectivity index (χ1) is 8.02. The SMILES string of the molecule is CCCOCCC(=O)N(C)CC(C)C(=O)OC. The molecule has 0 bridgehead atoms. The minimum Gasteiger partial charge on any atom is -0.469 e. The number of ether oxygens (including phenoxy) is 2. The molecule has 0 aromatic carbocycles. The van der Waals surface area contributed by atoms with Gasteiger partial charge >= 0.3 is 5.97 Å². The van der Waals surface area contributed by atoms with E-state index in [1.165, 1.54) is 12.0 Å². The van der Waals surface area contributed by atoms with Crippen LogP contribution < -0.4 is 0 Å². The van der Waals surface area contributed by atoms with Crippen LogP contribution in [0.5, 0.6) is 0 Å². The maximum atomic E-state index is 11.6. The fraction of sp³-hybridized carbons (Fsp3) is 0.833. The summed E-state index contributed by atoms with van der Waals surface area (Å²) in [6.45, 7) is 5.24. The summed E-state index contributed by atoms with van der Waals surface area (Å²) in [5, 5.41) is 0. The zero-order valence-corrected chi connectivity index (χ0v) is 11.2. The van der Waals surface area contributed by atoms with E-state index in [-0.39, 0.29) is 17.8 Å². The van der Waals surface area contributed by atoms with Crippen LogP contribution in [0.3, 0.4) is 0 Å². The van der Waals surface area contributed by atoms with E-state index >= 15 is 0 Å². The summed E-state index contributed by atoms with van der Waals surface area (Å²) in [6, 6.07) is 0. The molecule has 1 unspecified atom stereocenters. The molecule has 17 heavy (non-hydrogen) atoms. The van der Waals surface area contributed by atoms with Gasteiger partial charge in [0.25, 0.3) is 0 Å². The van der Waals surface area contributed by atoms with Crippen molar-refractivity contribution in [3.05, 3.63) is 0 Å². The van der Waals surface area contributed by atoms with Gasteiger partial charge in [-0.2, -0.15) is 0 Å². The minimum absolute atomic E-state index is 0.0168. The first kappa shape index (κ1) is 15.9. The molecule has 0 radical (unpaired) electrons. The van der Waals surface area contributed by atoms with Crippen LogP contribution in [0.15, 0.2) is 0 Å². The number of hydrogen-bond acceptors (Lipinski definition) is 4. The van der Waals surface area contributed by atoms with Crippen LogP contribution in [-0.4, -0.2) is 50.7 Å². The Kier molecular flexibility index (Phi) is 8.40. The van der Waals surface area contributed by atoms with Crippen LogP contribution in [0, 0.1) is 5.92 Å². The largest absolute Gasteiger partial charge is 0.469 e. The molecular formula is C12H23NO4. The number of rotatable bonds is 8. The van der Waals surface area contributed by atoms with E-state index in [9.17, 15) is 9.59 Å². The summed E-state index contributed by atoms with van der Waals surface area (Å²) in [4.78, 5) is 24.4. The molecule has 0 aliphatic carbocycles. The summed E-state index contributed by atoms with van der Waals surface area (Å²) >= 11 is 0. The summed E-state index contributed by atoms with van der Waals surface area (Å²) in [7, 11) is 3.03. The summed E-state index contributed by atoms with van der Waals surface area (Å²) in [5.41, 5.74) is 0. The number of methoxy groups -OCH3 is 1. The highest BCUT2D eigenvalue weighted by Crippen LogP contribution is 2.02. The molecule has 0 spiro atoms. The molecule has 0 rings (SSSR count). The van der Waals surface area contributed by atoms with E-state index in [2.05, 4.69) is 4.74 Å². The molecule has 5 nitrogen and oxygen atoms in total. The first-order valence-electron chi connectivity index (χ1n) is 5.92. The van der Waals surface area contributed by atoms with Gasteiger partial charge in [-0.05, 0) is 6.42 Å². The highest BCUT2D eigenvalue weighted by atomic mass is 16.5. The number of carbonyl (C=O) groups is 2. The molecule has 0 aromatic heterocycles. The van der Waals surface area contributed by atoms with Crippen LogP contribution in [0.1, 0.15) is 26.7 Å². The molecule has 0 heterocycles. The van der Waals surface area contributed by atoms with Gasteiger partial charge in [-0.25, -0.2) is 0 Å². The van der Waals surface area contributed by atoms with Gasteiger partial charge in [0.2, 0.25) is 5.91 Å². The van der Waals surface area contributed by atoms with Crippen molar-refractivity contribution >= 4 is 11.9 Å². The maximum absolute atomic E-state index is 11.6. The highest BCUT2D eigenvalue weighted by molar-refractivity contribution is 5.77. The van der Waals surface area contributed by atoms with Gasteiger partial charge in [-0.15, -0.1) is 0 Å². The van der Waals surface area contributed by atoms with Crippen molar-refractivity contribution in [2.75, 3.05) is 33.9 Å². The molecule has 100 valence electrons. The molecule has 0 saturated carbocycles. The third kappa shape index (κ3) is 6.94. The van der Waals surface area contributed by atoms with E-state index in [4.69, 9.17) is 4.74 Å². The van der Waals surface area contributed by atoms with Crippen LogP contribution >= 0.6 is 0 Å². The zero-order valence-electron chi connectivity index (χ0n) is 11.2. The van der Waals surface area contributed by atoms with E-state index < -0.39 is 0 Å². The standard InChI is InChI=1S/C12H23NO4/c1-5-7-17-8-6-11(14)13(3)9-10(2)12(15)16-4/h10H,5-9H2,1-4H3. The van der Waals surface area contributed by atoms with E-state index in [0.29, 0.717) is 26.2 Å². The molecule has 0 aliphatic heterocycles. The lowest BCUT2D eigenvalue weighted by Gasteiger charge is -2.20. The van der Waals surface area contributed by atoms with Gasteiger partial charge in [0.05, 0.1) is 26.1 Å². The second kappa shape index (κ2) is 8.98. The zero-order chi connectivity index (χ0) is 13.3. The monoisotopic (exact) mass is 245 g/mol. The van der Waals surface area contributed by atoms with E-state index in [1.54, 1.807) is 14.0 Å². The van der Waals surface area contributed by atoms with Crippen molar-refractivity contribution < 1.29 is 19.1 Å². The Hall–Kier alpha value is -1.10. The van der Waals surface area contributed by atoms with E-state index in [1.807, 2.05) is 6.92 Å². The third-order valence-electron chi connectivity index (χ3n) is 2.39. The van der Waals surface area contributed by atoms with Crippen molar-refractivity contribution in [3.8, 4) is 0 Å². The van der Waals surface area contributed by atoms with Crippen molar-refractivity contribution in [1.82, 2.24) is 4.90 Å². The average Bonchev–Trinajstić information content (AvgIpc) is 2.32. The number of carbonyl (C=O) groups excluding carboxylic acids is 2. The van der Waals surface area contributed by atoms with Crippen molar-refractivity contribution in [2.45, 2.75) is 26.7 Å². The Morgan fingerprint density at radius 2 is 1.94 bits per heavy atom. The lowest BCUT2D eigenvalue weighted by molar-refractivity contribution is -0.146. The Morgan fingerprint density at radius 1 is 1.29 bits per heavy atom. The maximum Gasteiger partial charge on any atom is 0.310 e.